The van der Waals surface area contributed by atoms with Gasteiger partial charge in [0.1, 0.15) is 22.1 Å². The Morgan fingerprint density at radius 1 is 1.12 bits per heavy atom. The average molecular weight is 598 g/mol. The number of ether oxygens (including phenoxy) is 1. The molecule has 40 heavy (non-hydrogen) atoms. The lowest BCUT2D eigenvalue weighted by Crippen LogP contribution is -2.48. The molecule has 5 atom stereocenters. The molecule has 2 N–H and O–H groups in total. The van der Waals surface area contributed by atoms with Crippen LogP contribution in [0.2, 0.25) is 10.0 Å². The largest absolute Gasteiger partial charge is 0.478 e. The topological polar surface area (TPSA) is 106 Å². The van der Waals surface area contributed by atoms with E-state index < -0.39 is 11.6 Å². The molecule has 2 unspecified atom stereocenters. The minimum Gasteiger partial charge on any atom is -0.478 e. The molecule has 4 fully saturated rings. The van der Waals surface area contributed by atoms with Crippen molar-refractivity contribution >= 4 is 50.7 Å². The first kappa shape index (κ1) is 25.2. The number of carboxylic acids is 1. The van der Waals surface area contributed by atoms with Gasteiger partial charge in [0.2, 0.25) is 0 Å². The van der Waals surface area contributed by atoms with Crippen LogP contribution in [0.25, 0.3) is 21.5 Å². The van der Waals surface area contributed by atoms with E-state index in [1.54, 1.807) is 30.3 Å². The van der Waals surface area contributed by atoms with Crippen molar-refractivity contribution in [1.29, 1.82) is 0 Å². The molecule has 4 saturated carbocycles. The van der Waals surface area contributed by atoms with Crippen LogP contribution in [0.5, 0.6) is 0 Å². The van der Waals surface area contributed by atoms with Crippen LogP contribution in [0.4, 0.5) is 0 Å². The van der Waals surface area contributed by atoms with E-state index in [2.05, 4.69) is 5.16 Å². The average Bonchev–Trinajstić information content (AvgIpc) is 3.78. The Bertz CT molecular complexity index is 1680. The number of nitrogens with zero attached hydrogens (tertiary/aromatic N) is 2. The molecule has 10 heteroatoms. The summed E-state index contributed by atoms with van der Waals surface area (Å²) in [7, 11) is 0. The zero-order chi connectivity index (χ0) is 27.4. The van der Waals surface area contributed by atoms with Gasteiger partial charge < -0.3 is 19.5 Å². The summed E-state index contributed by atoms with van der Waals surface area (Å²) >= 11 is 14.5. The molecule has 0 amide bonds. The Balaban J connectivity index is 1.07. The van der Waals surface area contributed by atoms with Crippen LogP contribution in [0.1, 0.15) is 71.1 Å². The maximum absolute atomic E-state index is 12.3. The number of aliphatic hydroxyl groups is 1. The highest BCUT2D eigenvalue weighted by molar-refractivity contribution is 7.18. The lowest BCUT2D eigenvalue weighted by molar-refractivity contribution is -0.138. The summed E-state index contributed by atoms with van der Waals surface area (Å²) in [5.41, 5.74) is 1.91. The standard InChI is InChI=1S/C30H26Cl2N2O5S/c31-20-2-1-3-21(32)24(20)25-19(26(39-34-25)14-4-5-14)13-38-18-10-16-9-17-11-29(17,12-18)30(16,37)28-33-22-7-6-15(27(35)36)8-23(22)40-28/h1-3,6-8,14,16-18,37H,4-5,9-13H2,(H,35,36)/t16-,17?,18+,29?,30-/m1/s1. The van der Waals surface area contributed by atoms with Gasteiger partial charge in [0.25, 0.3) is 0 Å². The molecule has 4 aliphatic rings. The summed E-state index contributed by atoms with van der Waals surface area (Å²) < 4.78 is 13.2. The summed E-state index contributed by atoms with van der Waals surface area (Å²) in [6, 6.07) is 10.4. The Morgan fingerprint density at radius 3 is 2.65 bits per heavy atom. The molecule has 206 valence electrons. The van der Waals surface area contributed by atoms with Gasteiger partial charge in [-0.05, 0) is 80.7 Å². The molecule has 4 aromatic rings. The third-order valence-corrected chi connectivity index (χ3v) is 11.5. The zero-order valence-corrected chi connectivity index (χ0v) is 23.7. The van der Waals surface area contributed by atoms with E-state index in [-0.39, 0.29) is 23.0 Å². The highest BCUT2D eigenvalue weighted by Gasteiger charge is 2.77. The van der Waals surface area contributed by atoms with E-state index in [0.717, 1.165) is 60.1 Å². The van der Waals surface area contributed by atoms with Gasteiger partial charge in [0, 0.05) is 22.5 Å². The van der Waals surface area contributed by atoms with Crippen LogP contribution < -0.4 is 0 Å². The number of rotatable bonds is 7. The summed E-state index contributed by atoms with van der Waals surface area (Å²) in [6.07, 6.45) is 5.52. The van der Waals surface area contributed by atoms with E-state index >= 15 is 0 Å². The van der Waals surface area contributed by atoms with Gasteiger partial charge in [-0.25, -0.2) is 9.78 Å². The van der Waals surface area contributed by atoms with Crippen LogP contribution in [-0.4, -0.2) is 32.4 Å². The van der Waals surface area contributed by atoms with E-state index in [1.807, 2.05) is 6.07 Å². The van der Waals surface area contributed by atoms with Crippen LogP contribution in [0, 0.1) is 17.3 Å². The van der Waals surface area contributed by atoms with Gasteiger partial charge >= 0.3 is 5.97 Å². The number of hydrogen-bond donors (Lipinski definition) is 2. The van der Waals surface area contributed by atoms with Gasteiger partial charge in [-0.1, -0.05) is 34.4 Å². The SMILES string of the molecule is O=C(O)c1ccc2nc([C@]3(O)[C@@H]4CC5CC53C[C@@H](OCc3c(-c5c(Cl)cccc5Cl)noc3C3CC3)C4)sc2c1. The van der Waals surface area contributed by atoms with Crippen LogP contribution in [-0.2, 0) is 16.9 Å². The second-order valence-corrected chi connectivity index (χ2v) is 13.7. The molecule has 0 radical (unpaired) electrons. The maximum Gasteiger partial charge on any atom is 0.335 e. The minimum absolute atomic E-state index is 0.0118. The van der Waals surface area contributed by atoms with Crippen LogP contribution >= 0.6 is 34.5 Å². The van der Waals surface area contributed by atoms with Gasteiger partial charge in [-0.3, -0.25) is 0 Å². The van der Waals surface area contributed by atoms with Crippen molar-refractivity contribution in [3.05, 3.63) is 68.3 Å². The summed E-state index contributed by atoms with van der Waals surface area (Å²) in [4.78, 5) is 16.3. The van der Waals surface area contributed by atoms with E-state index in [9.17, 15) is 15.0 Å². The molecule has 0 aliphatic heterocycles. The van der Waals surface area contributed by atoms with E-state index in [0.29, 0.717) is 44.8 Å². The number of aromatic nitrogens is 2. The number of halogens is 2. The summed E-state index contributed by atoms with van der Waals surface area (Å²) in [5, 5.41) is 27.8. The first-order valence-electron chi connectivity index (χ1n) is 13.7. The van der Waals surface area contributed by atoms with Gasteiger partial charge in [-0.2, -0.15) is 0 Å². The number of carbonyl (C=O) groups is 1. The molecular weight excluding hydrogens is 571 g/mol. The number of fused-ring (bicyclic) bond motifs is 2. The monoisotopic (exact) mass is 596 g/mol. The van der Waals surface area contributed by atoms with Crippen molar-refractivity contribution in [1.82, 2.24) is 10.1 Å². The molecular formula is C30H26Cl2N2O5S. The van der Waals surface area contributed by atoms with Crippen molar-refractivity contribution in [2.75, 3.05) is 0 Å². The molecule has 2 bridgehead atoms. The first-order chi connectivity index (χ1) is 19.3. The number of benzene rings is 2. The quantitative estimate of drug-likeness (QED) is 0.228. The predicted molar refractivity (Wildman–Crippen MR) is 151 cm³/mol. The van der Waals surface area contributed by atoms with Crippen molar-refractivity contribution in [3.63, 3.8) is 0 Å². The Kier molecular flexibility index (Phi) is 5.52. The van der Waals surface area contributed by atoms with Crippen molar-refractivity contribution in [3.8, 4) is 11.3 Å². The van der Waals surface area contributed by atoms with Gasteiger partial charge in [-0.15, -0.1) is 11.3 Å². The molecule has 8 rings (SSSR count). The van der Waals surface area contributed by atoms with Crippen molar-refractivity contribution in [2.45, 2.75) is 62.8 Å². The lowest BCUT2D eigenvalue weighted by atomic mass is 9.68. The molecule has 0 saturated heterocycles. The van der Waals surface area contributed by atoms with E-state index in [1.165, 1.54) is 11.3 Å². The fourth-order valence-electron chi connectivity index (χ4n) is 7.54. The molecule has 2 heterocycles. The normalized spacial score (nSPS) is 30.5. The van der Waals surface area contributed by atoms with Gasteiger partial charge in [0.05, 0.1) is 38.5 Å². The Hall–Kier alpha value is -2.49. The number of carboxylic acid groups (broad SMARTS) is 1. The third kappa shape index (κ3) is 3.59. The minimum atomic E-state index is -1.02. The second kappa shape index (κ2) is 8.76. The second-order valence-electron chi connectivity index (χ2n) is 11.9. The molecule has 7 nitrogen and oxygen atoms in total. The van der Waals surface area contributed by atoms with Crippen molar-refractivity contribution < 1.29 is 24.3 Å². The number of aromatic carboxylic acids is 1. The zero-order valence-electron chi connectivity index (χ0n) is 21.4. The van der Waals surface area contributed by atoms with Crippen LogP contribution in [0.15, 0.2) is 40.9 Å². The predicted octanol–water partition coefficient (Wildman–Crippen LogP) is 7.43. The fourth-order valence-corrected chi connectivity index (χ4v) is 9.40. The smallest absolute Gasteiger partial charge is 0.335 e. The highest BCUT2D eigenvalue weighted by atomic mass is 35.5. The lowest BCUT2D eigenvalue weighted by Gasteiger charge is -2.44. The highest BCUT2D eigenvalue weighted by Crippen LogP contribution is 2.78. The van der Waals surface area contributed by atoms with E-state index in [4.69, 9.17) is 37.4 Å². The Labute approximate surface area is 244 Å². The molecule has 4 aliphatic carbocycles. The molecule has 1 spiro atoms. The molecule has 2 aromatic carbocycles. The summed E-state index contributed by atoms with van der Waals surface area (Å²) in [5.74, 6) is 0.728. The van der Waals surface area contributed by atoms with Crippen molar-refractivity contribution in [2.24, 2.45) is 17.3 Å². The number of hydrogen-bond acceptors (Lipinski definition) is 7. The first-order valence-corrected chi connectivity index (χ1v) is 15.3. The number of thiazole rings is 1. The van der Waals surface area contributed by atoms with Crippen LogP contribution in [0.3, 0.4) is 0 Å². The summed E-state index contributed by atoms with van der Waals surface area (Å²) in [6.45, 7) is 0.349. The Morgan fingerprint density at radius 2 is 1.93 bits per heavy atom. The fraction of sp³-hybridized carbons (Fsp3) is 0.433. The molecule has 2 aromatic heterocycles. The maximum atomic E-state index is 12.3. The van der Waals surface area contributed by atoms with Gasteiger partial charge in [0.15, 0.2) is 0 Å². The third-order valence-electron chi connectivity index (χ3n) is 9.68.